The number of carbonyl (C=O) groups excluding carboxylic acids is 4. The molecule has 0 aliphatic carbocycles. The van der Waals surface area contributed by atoms with Crippen molar-refractivity contribution in [2.24, 2.45) is 17.6 Å². The number of ether oxygens (including phenoxy) is 1. The number of nitrogens with two attached hydrogens (primary N) is 1. The Kier molecular flexibility index (Phi) is 4.39. The van der Waals surface area contributed by atoms with Crippen molar-refractivity contribution in [1.29, 1.82) is 0 Å². The highest BCUT2D eigenvalue weighted by Gasteiger charge is 2.70. The van der Waals surface area contributed by atoms with E-state index in [1.807, 2.05) is 0 Å². The van der Waals surface area contributed by atoms with Crippen LogP contribution in [0.5, 0.6) is 0 Å². The minimum atomic E-state index is -1.48. The van der Waals surface area contributed by atoms with Crippen molar-refractivity contribution < 1.29 is 23.9 Å². The molecule has 30 heavy (non-hydrogen) atoms. The Morgan fingerprint density at radius 3 is 2.80 bits per heavy atom. The number of imide groups is 1. The molecular formula is C20H21ClN4O5. The molecule has 1 aromatic rings. The van der Waals surface area contributed by atoms with Crippen LogP contribution >= 0.6 is 11.6 Å². The zero-order chi connectivity index (χ0) is 21.2. The van der Waals surface area contributed by atoms with E-state index in [-0.39, 0.29) is 19.1 Å². The van der Waals surface area contributed by atoms with E-state index in [9.17, 15) is 19.2 Å². The highest BCUT2D eigenvalue weighted by atomic mass is 35.5. The smallest absolute Gasteiger partial charge is 0.250 e. The van der Waals surface area contributed by atoms with Crippen LogP contribution in [0.15, 0.2) is 18.2 Å². The van der Waals surface area contributed by atoms with Gasteiger partial charge in [-0.3, -0.25) is 29.4 Å². The quantitative estimate of drug-likeness (QED) is 0.579. The largest absolute Gasteiger partial charge is 0.376 e. The average molecular weight is 433 g/mol. The third-order valence-corrected chi connectivity index (χ3v) is 6.83. The van der Waals surface area contributed by atoms with Crippen molar-refractivity contribution in [3.05, 3.63) is 28.8 Å². The van der Waals surface area contributed by atoms with Crippen LogP contribution in [0.2, 0.25) is 5.02 Å². The maximum atomic E-state index is 13.5. The second-order valence-corrected chi connectivity index (χ2v) is 8.74. The van der Waals surface area contributed by atoms with Crippen LogP contribution in [0.25, 0.3) is 0 Å². The minimum absolute atomic E-state index is 0.147. The molecule has 4 aliphatic heterocycles. The molecule has 0 aromatic heterocycles. The zero-order valence-electron chi connectivity index (χ0n) is 16.0. The van der Waals surface area contributed by atoms with Gasteiger partial charge in [0.2, 0.25) is 23.6 Å². The first-order valence-corrected chi connectivity index (χ1v) is 10.3. The molecule has 1 aromatic carbocycles. The summed E-state index contributed by atoms with van der Waals surface area (Å²) in [6.45, 7) is 0.742. The summed E-state index contributed by atoms with van der Waals surface area (Å²) in [5, 5.41) is 6.32. The summed E-state index contributed by atoms with van der Waals surface area (Å²) in [4.78, 5) is 52.9. The van der Waals surface area contributed by atoms with Crippen molar-refractivity contribution in [3.63, 3.8) is 0 Å². The van der Waals surface area contributed by atoms with E-state index >= 15 is 0 Å². The average Bonchev–Trinajstić information content (AvgIpc) is 3.42. The summed E-state index contributed by atoms with van der Waals surface area (Å²) in [5.41, 5.74) is 4.95. The van der Waals surface area contributed by atoms with Gasteiger partial charge in [0.1, 0.15) is 5.54 Å². The fourth-order valence-corrected chi connectivity index (χ4v) is 5.57. The van der Waals surface area contributed by atoms with Gasteiger partial charge in [-0.1, -0.05) is 11.6 Å². The first-order chi connectivity index (χ1) is 14.3. The zero-order valence-corrected chi connectivity index (χ0v) is 16.8. The number of likely N-dealkylation sites (tertiary alicyclic amines) is 1. The molecule has 9 nitrogen and oxygen atoms in total. The lowest BCUT2D eigenvalue weighted by Crippen LogP contribution is -2.54. The third-order valence-electron chi connectivity index (χ3n) is 6.60. The topological polar surface area (TPSA) is 131 Å². The van der Waals surface area contributed by atoms with Crippen molar-refractivity contribution in [3.8, 4) is 0 Å². The van der Waals surface area contributed by atoms with E-state index in [4.69, 9.17) is 22.1 Å². The Hall–Kier alpha value is -2.49. The Bertz CT molecular complexity index is 978. The van der Waals surface area contributed by atoms with Crippen LogP contribution in [0.4, 0.5) is 5.69 Å². The van der Waals surface area contributed by atoms with Crippen molar-refractivity contribution >= 4 is 40.9 Å². The van der Waals surface area contributed by atoms with Gasteiger partial charge < -0.3 is 15.8 Å². The third kappa shape index (κ3) is 2.62. The summed E-state index contributed by atoms with van der Waals surface area (Å²) in [7, 11) is 0. The van der Waals surface area contributed by atoms with Crippen LogP contribution in [-0.4, -0.2) is 53.8 Å². The molecule has 0 bridgehead atoms. The van der Waals surface area contributed by atoms with E-state index in [2.05, 4.69) is 10.6 Å². The Labute approximate surface area is 177 Å². The fourth-order valence-electron chi connectivity index (χ4n) is 5.40. The van der Waals surface area contributed by atoms with Gasteiger partial charge in [-0.25, -0.2) is 0 Å². The van der Waals surface area contributed by atoms with Gasteiger partial charge in [-0.05, 0) is 31.0 Å². The van der Waals surface area contributed by atoms with Gasteiger partial charge in [0.05, 0.1) is 24.5 Å². The predicted molar refractivity (Wildman–Crippen MR) is 105 cm³/mol. The van der Waals surface area contributed by atoms with Crippen molar-refractivity contribution in [1.82, 2.24) is 10.2 Å². The lowest BCUT2D eigenvalue weighted by Gasteiger charge is -2.30. The van der Waals surface area contributed by atoms with Crippen LogP contribution in [0.3, 0.4) is 0 Å². The number of anilines is 1. The summed E-state index contributed by atoms with van der Waals surface area (Å²) in [6.07, 6.45) is 1.25. The number of benzene rings is 1. The molecule has 5 atom stereocenters. The number of nitrogens with one attached hydrogen (secondary N) is 2. The van der Waals surface area contributed by atoms with Crippen LogP contribution < -0.4 is 16.4 Å². The van der Waals surface area contributed by atoms with Gasteiger partial charge in [-0.2, -0.15) is 0 Å². The number of halogens is 1. The monoisotopic (exact) mass is 432 g/mol. The number of primary amides is 1. The van der Waals surface area contributed by atoms with E-state index in [0.717, 1.165) is 12.8 Å². The number of rotatable bonds is 4. The summed E-state index contributed by atoms with van der Waals surface area (Å²) in [6, 6.07) is 4.17. The van der Waals surface area contributed by atoms with Gasteiger partial charge in [-0.15, -0.1) is 0 Å². The van der Waals surface area contributed by atoms with Crippen LogP contribution in [0, 0.1) is 11.8 Å². The maximum absolute atomic E-state index is 13.5. The fraction of sp³-hybridized carbons (Fsp3) is 0.500. The summed E-state index contributed by atoms with van der Waals surface area (Å²) < 4.78 is 5.60. The number of hydrogen-bond donors (Lipinski definition) is 3. The maximum Gasteiger partial charge on any atom is 0.250 e. The highest BCUT2D eigenvalue weighted by molar-refractivity contribution is 6.31. The van der Waals surface area contributed by atoms with E-state index in [1.54, 1.807) is 18.2 Å². The van der Waals surface area contributed by atoms with E-state index in [1.165, 1.54) is 4.90 Å². The van der Waals surface area contributed by atoms with E-state index < -0.39 is 47.0 Å². The molecule has 0 radical (unpaired) electrons. The Balaban J connectivity index is 1.60. The van der Waals surface area contributed by atoms with Gasteiger partial charge >= 0.3 is 0 Å². The van der Waals surface area contributed by atoms with E-state index in [0.29, 0.717) is 22.9 Å². The van der Waals surface area contributed by atoms with Gasteiger partial charge in [0.15, 0.2) is 0 Å². The summed E-state index contributed by atoms with van der Waals surface area (Å²) >= 11 is 6.18. The number of fused-ring (bicyclic) bond motifs is 4. The second-order valence-electron chi connectivity index (χ2n) is 8.30. The number of hydrogen-bond acceptors (Lipinski definition) is 6. The lowest BCUT2D eigenvalue weighted by molar-refractivity contribution is -0.144. The molecule has 4 aliphatic rings. The lowest BCUT2D eigenvalue weighted by atomic mass is 9.76. The Morgan fingerprint density at radius 1 is 1.30 bits per heavy atom. The molecule has 10 heteroatoms. The molecule has 3 fully saturated rings. The molecule has 0 unspecified atom stereocenters. The van der Waals surface area contributed by atoms with Gasteiger partial charge in [0, 0.05) is 35.3 Å². The SMILES string of the molecule is NC(=O)C[C@@H]1N[C@@]2(C(=O)Nc3ccc(Cl)cc32)[C@H]2C(=O)N(C[C@@H]3CCCO3)C(=O)[C@@H]12. The predicted octanol–water partition coefficient (Wildman–Crippen LogP) is 0.115. The first-order valence-electron chi connectivity index (χ1n) is 9.97. The molecule has 1 spiro atoms. The Morgan fingerprint density at radius 2 is 2.10 bits per heavy atom. The van der Waals surface area contributed by atoms with Crippen LogP contribution in [-0.2, 0) is 29.5 Å². The standard InChI is InChI=1S/C20H21ClN4O5/c21-9-3-4-12-11(6-9)20(19(29)23-12)16-15(13(24-20)7-14(22)26)17(27)25(18(16)28)8-10-2-1-5-30-10/h3-4,6,10,13,15-16,24H,1-2,5,7-8H2,(H2,22,26)(H,23,29)/t10-,13-,15-,16+,20+/m0/s1. The minimum Gasteiger partial charge on any atom is -0.376 e. The van der Waals surface area contributed by atoms with Crippen molar-refractivity contribution in [2.75, 3.05) is 18.5 Å². The number of carbonyl (C=O) groups is 4. The molecule has 0 saturated carbocycles. The first kappa shape index (κ1) is 19.5. The molecular weight excluding hydrogens is 412 g/mol. The normalized spacial score (nSPS) is 34.6. The summed E-state index contributed by atoms with van der Waals surface area (Å²) in [5.74, 6) is -3.77. The molecule has 4 amide bonds. The molecule has 158 valence electrons. The molecule has 3 saturated heterocycles. The number of amides is 4. The molecule has 5 rings (SSSR count). The molecule has 4 N–H and O–H groups in total. The van der Waals surface area contributed by atoms with Crippen LogP contribution in [0.1, 0.15) is 24.8 Å². The number of nitrogens with zero attached hydrogens (tertiary/aromatic N) is 1. The second kappa shape index (κ2) is 6.76. The highest BCUT2D eigenvalue weighted by Crippen LogP contribution is 2.53. The van der Waals surface area contributed by atoms with Gasteiger partial charge in [0.25, 0.3) is 0 Å². The molecule has 4 heterocycles. The van der Waals surface area contributed by atoms with Crippen molar-refractivity contribution in [2.45, 2.75) is 36.9 Å².